The van der Waals surface area contributed by atoms with E-state index in [1.165, 1.54) is 30.3 Å². The van der Waals surface area contributed by atoms with Crippen LogP contribution in [0, 0.1) is 11.6 Å². The Morgan fingerprint density at radius 2 is 1.73 bits per heavy atom. The summed E-state index contributed by atoms with van der Waals surface area (Å²) < 4.78 is 29.6. The highest BCUT2D eigenvalue weighted by Crippen LogP contribution is 2.34. The fourth-order valence-electron chi connectivity index (χ4n) is 3.35. The summed E-state index contributed by atoms with van der Waals surface area (Å²) in [6.07, 6.45) is 1.93. The zero-order chi connectivity index (χ0) is 18.1. The molecular formula is C20H17F2N3O. The first-order valence-electron chi connectivity index (χ1n) is 8.36. The standard InChI is InChI=1S/C20H17F2N3O/c21-14-7-9-15(10-8-14)23-20(26)25-13-12-24-11-3-6-18(24)19(25)16-4-1-2-5-17(16)22/h1-11,19H,12-13H2,(H,23,26)/t19-/m1/s1. The molecule has 4 rings (SSSR count). The van der Waals surface area contributed by atoms with E-state index in [2.05, 4.69) is 5.32 Å². The lowest BCUT2D eigenvalue weighted by molar-refractivity contribution is 0.180. The van der Waals surface area contributed by atoms with Crippen molar-refractivity contribution in [1.82, 2.24) is 9.47 Å². The molecule has 0 saturated heterocycles. The zero-order valence-corrected chi connectivity index (χ0v) is 13.9. The van der Waals surface area contributed by atoms with Gasteiger partial charge in [-0.15, -0.1) is 0 Å². The Morgan fingerprint density at radius 1 is 0.962 bits per heavy atom. The number of anilines is 1. The summed E-state index contributed by atoms with van der Waals surface area (Å²) in [4.78, 5) is 14.5. The van der Waals surface area contributed by atoms with Gasteiger partial charge < -0.3 is 14.8 Å². The summed E-state index contributed by atoms with van der Waals surface area (Å²) >= 11 is 0. The van der Waals surface area contributed by atoms with Gasteiger partial charge in [0.25, 0.3) is 0 Å². The Bertz CT molecular complexity index is 936. The van der Waals surface area contributed by atoms with Crippen LogP contribution in [0.4, 0.5) is 19.3 Å². The largest absolute Gasteiger partial charge is 0.348 e. The summed E-state index contributed by atoms with van der Waals surface area (Å²) in [6.45, 7) is 1.07. The van der Waals surface area contributed by atoms with Crippen LogP contribution in [-0.2, 0) is 6.54 Å². The minimum atomic E-state index is -0.527. The Balaban J connectivity index is 1.69. The van der Waals surface area contributed by atoms with E-state index in [1.54, 1.807) is 23.1 Å². The number of hydrogen-bond acceptors (Lipinski definition) is 1. The average Bonchev–Trinajstić information content (AvgIpc) is 3.12. The van der Waals surface area contributed by atoms with Gasteiger partial charge in [0.1, 0.15) is 17.7 Å². The van der Waals surface area contributed by atoms with Crippen molar-refractivity contribution in [2.75, 3.05) is 11.9 Å². The van der Waals surface area contributed by atoms with Gasteiger partial charge in [0, 0.05) is 36.2 Å². The van der Waals surface area contributed by atoms with Crippen LogP contribution >= 0.6 is 0 Å². The summed E-state index contributed by atoms with van der Waals surface area (Å²) in [5.74, 6) is -0.727. The number of halogens is 2. The van der Waals surface area contributed by atoms with Gasteiger partial charge in [-0.1, -0.05) is 18.2 Å². The van der Waals surface area contributed by atoms with E-state index in [-0.39, 0.29) is 17.7 Å². The number of fused-ring (bicyclic) bond motifs is 1. The highest BCUT2D eigenvalue weighted by molar-refractivity contribution is 5.90. The lowest BCUT2D eigenvalue weighted by atomic mass is 9.99. The smallest absolute Gasteiger partial charge is 0.322 e. The van der Waals surface area contributed by atoms with Crippen LogP contribution in [0.1, 0.15) is 17.3 Å². The van der Waals surface area contributed by atoms with Crippen molar-refractivity contribution >= 4 is 11.7 Å². The number of carbonyl (C=O) groups excluding carboxylic acids is 1. The number of aromatic nitrogens is 1. The van der Waals surface area contributed by atoms with E-state index < -0.39 is 6.04 Å². The van der Waals surface area contributed by atoms with Crippen molar-refractivity contribution in [3.05, 3.63) is 89.8 Å². The molecule has 2 amide bonds. The van der Waals surface area contributed by atoms with E-state index >= 15 is 0 Å². The molecule has 1 N–H and O–H groups in total. The molecule has 3 aromatic rings. The summed E-state index contributed by atoms with van der Waals surface area (Å²) in [6, 6.07) is 15.0. The highest BCUT2D eigenvalue weighted by atomic mass is 19.1. The van der Waals surface area contributed by atoms with Gasteiger partial charge in [-0.05, 0) is 42.5 Å². The first-order chi connectivity index (χ1) is 12.6. The number of nitrogens with one attached hydrogen (secondary N) is 1. The third-order valence-corrected chi connectivity index (χ3v) is 4.59. The van der Waals surface area contributed by atoms with E-state index in [1.807, 2.05) is 22.9 Å². The Morgan fingerprint density at radius 3 is 2.50 bits per heavy atom. The first-order valence-corrected chi connectivity index (χ1v) is 8.36. The van der Waals surface area contributed by atoms with Gasteiger partial charge in [-0.3, -0.25) is 0 Å². The lowest BCUT2D eigenvalue weighted by Crippen LogP contribution is -2.44. The molecule has 0 spiro atoms. The van der Waals surface area contributed by atoms with Crippen LogP contribution in [0.15, 0.2) is 66.9 Å². The molecule has 1 atom stereocenters. The number of carbonyl (C=O) groups is 1. The molecule has 1 aliphatic heterocycles. The van der Waals surface area contributed by atoms with Crippen LogP contribution < -0.4 is 5.32 Å². The Hall–Kier alpha value is -3.15. The molecule has 0 fully saturated rings. The van der Waals surface area contributed by atoms with E-state index in [9.17, 15) is 13.6 Å². The Kier molecular flexibility index (Phi) is 4.16. The van der Waals surface area contributed by atoms with Crippen LogP contribution in [0.5, 0.6) is 0 Å². The van der Waals surface area contributed by atoms with Gasteiger partial charge in [-0.2, -0.15) is 0 Å². The maximum Gasteiger partial charge on any atom is 0.322 e. The van der Waals surface area contributed by atoms with Crippen molar-refractivity contribution < 1.29 is 13.6 Å². The quantitative estimate of drug-likeness (QED) is 0.728. The van der Waals surface area contributed by atoms with Gasteiger partial charge in [0.05, 0.1) is 0 Å². The summed E-state index contributed by atoms with van der Waals surface area (Å²) in [7, 11) is 0. The minimum Gasteiger partial charge on any atom is -0.348 e. The number of benzene rings is 2. The molecule has 0 bridgehead atoms. The normalized spacial score (nSPS) is 16.2. The molecule has 26 heavy (non-hydrogen) atoms. The summed E-state index contributed by atoms with van der Waals surface area (Å²) in [5.41, 5.74) is 1.79. The second-order valence-corrected chi connectivity index (χ2v) is 6.18. The second-order valence-electron chi connectivity index (χ2n) is 6.18. The number of hydrogen-bond donors (Lipinski definition) is 1. The van der Waals surface area contributed by atoms with Crippen molar-refractivity contribution in [2.24, 2.45) is 0 Å². The van der Waals surface area contributed by atoms with Crippen LogP contribution in [0.25, 0.3) is 0 Å². The maximum atomic E-state index is 14.5. The fraction of sp³-hybridized carbons (Fsp3) is 0.150. The van der Waals surface area contributed by atoms with E-state index in [0.29, 0.717) is 24.3 Å². The lowest BCUT2D eigenvalue weighted by Gasteiger charge is -2.37. The number of amides is 2. The molecule has 6 heteroatoms. The predicted molar refractivity (Wildman–Crippen MR) is 94.8 cm³/mol. The molecule has 0 radical (unpaired) electrons. The van der Waals surface area contributed by atoms with Crippen LogP contribution in [0.3, 0.4) is 0 Å². The molecular weight excluding hydrogens is 336 g/mol. The molecule has 0 saturated carbocycles. The van der Waals surface area contributed by atoms with Crippen molar-refractivity contribution in [3.8, 4) is 0 Å². The molecule has 1 aliphatic rings. The van der Waals surface area contributed by atoms with Crippen molar-refractivity contribution in [2.45, 2.75) is 12.6 Å². The Labute approximate surface area is 149 Å². The van der Waals surface area contributed by atoms with Gasteiger partial charge in [0.15, 0.2) is 0 Å². The molecule has 1 aromatic heterocycles. The van der Waals surface area contributed by atoms with Crippen LogP contribution in [-0.4, -0.2) is 22.0 Å². The fourth-order valence-corrected chi connectivity index (χ4v) is 3.35. The number of urea groups is 1. The van der Waals surface area contributed by atoms with Crippen molar-refractivity contribution in [3.63, 3.8) is 0 Å². The topological polar surface area (TPSA) is 37.3 Å². The maximum absolute atomic E-state index is 14.5. The van der Waals surface area contributed by atoms with E-state index in [4.69, 9.17) is 0 Å². The minimum absolute atomic E-state index is 0.350. The highest BCUT2D eigenvalue weighted by Gasteiger charge is 2.33. The van der Waals surface area contributed by atoms with Crippen molar-refractivity contribution in [1.29, 1.82) is 0 Å². The SMILES string of the molecule is O=C(Nc1ccc(F)cc1)N1CCn2cccc2[C@H]1c1ccccc1F. The third kappa shape index (κ3) is 2.94. The molecule has 2 heterocycles. The third-order valence-electron chi connectivity index (χ3n) is 4.59. The number of nitrogens with zero attached hydrogens (tertiary/aromatic N) is 2. The first kappa shape index (κ1) is 16.3. The molecule has 0 aliphatic carbocycles. The zero-order valence-electron chi connectivity index (χ0n) is 13.9. The molecule has 0 unspecified atom stereocenters. The average molecular weight is 353 g/mol. The number of rotatable bonds is 2. The molecule has 2 aromatic carbocycles. The van der Waals surface area contributed by atoms with E-state index in [0.717, 1.165) is 5.69 Å². The van der Waals surface area contributed by atoms with Gasteiger partial charge in [-0.25, -0.2) is 13.6 Å². The van der Waals surface area contributed by atoms with Gasteiger partial charge in [0.2, 0.25) is 0 Å². The monoisotopic (exact) mass is 353 g/mol. The van der Waals surface area contributed by atoms with Crippen LogP contribution in [0.2, 0.25) is 0 Å². The predicted octanol–water partition coefficient (Wildman–Crippen LogP) is 4.40. The molecule has 132 valence electrons. The summed E-state index contributed by atoms with van der Waals surface area (Å²) in [5, 5.41) is 2.77. The molecule has 4 nitrogen and oxygen atoms in total. The second kappa shape index (κ2) is 6.63. The van der Waals surface area contributed by atoms with Gasteiger partial charge >= 0.3 is 6.03 Å².